The number of fused-ring (bicyclic) bond motifs is 1. The fourth-order valence-corrected chi connectivity index (χ4v) is 2.62. The second-order valence-corrected chi connectivity index (χ2v) is 4.74. The van der Waals surface area contributed by atoms with Crippen LogP contribution in [0.1, 0.15) is 0 Å². The number of morpholine rings is 1. The van der Waals surface area contributed by atoms with Gasteiger partial charge in [-0.3, -0.25) is 0 Å². The number of aromatic nitrogens is 3. The summed E-state index contributed by atoms with van der Waals surface area (Å²) >= 11 is 1.38. The summed E-state index contributed by atoms with van der Waals surface area (Å²) in [7, 11) is 0. The largest absolute Gasteiger partial charge is 0.378 e. The Morgan fingerprint density at radius 1 is 1.12 bits per heavy atom. The third kappa shape index (κ3) is 1.85. The Morgan fingerprint density at radius 2 is 1.88 bits per heavy atom. The molecule has 0 unspecified atom stereocenters. The van der Waals surface area contributed by atoms with Crippen LogP contribution < -0.4 is 16.4 Å². The fraction of sp³-hybridized carbons (Fsp3) is 0.444. The van der Waals surface area contributed by atoms with Crippen molar-refractivity contribution in [1.82, 2.24) is 15.0 Å². The van der Waals surface area contributed by atoms with Crippen LogP contribution in [0.5, 0.6) is 0 Å². The van der Waals surface area contributed by atoms with Gasteiger partial charge in [0.1, 0.15) is 4.70 Å². The molecule has 1 aliphatic heterocycles. The summed E-state index contributed by atoms with van der Waals surface area (Å²) in [6.45, 7) is 2.98. The van der Waals surface area contributed by atoms with E-state index in [2.05, 4.69) is 19.9 Å². The average Bonchev–Trinajstić information content (AvgIpc) is 2.69. The van der Waals surface area contributed by atoms with Gasteiger partial charge in [0.15, 0.2) is 16.6 Å². The predicted molar refractivity (Wildman–Crippen MR) is 67.1 cm³/mol. The Hall–Kier alpha value is -1.67. The monoisotopic (exact) mass is 252 g/mol. The van der Waals surface area contributed by atoms with Crippen LogP contribution in [0, 0.1) is 0 Å². The van der Waals surface area contributed by atoms with Crippen LogP contribution in [0.2, 0.25) is 0 Å². The second-order valence-electron chi connectivity index (χ2n) is 3.71. The van der Waals surface area contributed by atoms with Crippen molar-refractivity contribution in [3.63, 3.8) is 0 Å². The van der Waals surface area contributed by atoms with E-state index in [9.17, 15) is 0 Å². The van der Waals surface area contributed by atoms with Crippen molar-refractivity contribution in [2.75, 3.05) is 42.7 Å². The van der Waals surface area contributed by atoms with Gasteiger partial charge >= 0.3 is 0 Å². The smallest absolute Gasteiger partial charge is 0.224 e. The standard InChI is InChI=1S/C9H12N6OS/c10-8-12-6-5(17-9(11)13-6)7(14-8)15-1-3-16-4-2-15/h1-4H2,(H4,10,11,12,13,14). The van der Waals surface area contributed by atoms with E-state index in [-0.39, 0.29) is 5.95 Å². The van der Waals surface area contributed by atoms with Crippen LogP contribution in [0.3, 0.4) is 0 Å². The van der Waals surface area contributed by atoms with E-state index in [4.69, 9.17) is 16.2 Å². The van der Waals surface area contributed by atoms with E-state index < -0.39 is 0 Å². The van der Waals surface area contributed by atoms with E-state index in [1.165, 1.54) is 11.3 Å². The lowest BCUT2D eigenvalue weighted by atomic mass is 10.4. The minimum atomic E-state index is 0.226. The molecule has 17 heavy (non-hydrogen) atoms. The number of rotatable bonds is 1. The molecule has 90 valence electrons. The lowest BCUT2D eigenvalue weighted by molar-refractivity contribution is 0.122. The molecule has 8 heteroatoms. The molecule has 0 bridgehead atoms. The quantitative estimate of drug-likeness (QED) is 0.741. The minimum absolute atomic E-state index is 0.226. The highest BCUT2D eigenvalue weighted by molar-refractivity contribution is 7.22. The highest BCUT2D eigenvalue weighted by atomic mass is 32.1. The Bertz CT molecular complexity index is 550. The van der Waals surface area contributed by atoms with Crippen LogP contribution in [-0.2, 0) is 4.74 Å². The molecular formula is C9H12N6OS. The highest BCUT2D eigenvalue weighted by Gasteiger charge is 2.19. The normalized spacial score (nSPS) is 16.6. The third-order valence-corrected chi connectivity index (χ3v) is 3.45. The molecule has 2 aromatic rings. The van der Waals surface area contributed by atoms with E-state index in [1.54, 1.807) is 0 Å². The molecule has 2 aromatic heterocycles. The summed E-state index contributed by atoms with van der Waals surface area (Å²) < 4.78 is 6.20. The summed E-state index contributed by atoms with van der Waals surface area (Å²) in [5.74, 6) is 1.04. The summed E-state index contributed by atoms with van der Waals surface area (Å²) in [5, 5.41) is 0.481. The van der Waals surface area contributed by atoms with Crippen molar-refractivity contribution >= 4 is 38.6 Å². The topological polar surface area (TPSA) is 103 Å². The van der Waals surface area contributed by atoms with Gasteiger partial charge in [0.05, 0.1) is 13.2 Å². The van der Waals surface area contributed by atoms with E-state index in [0.29, 0.717) is 24.0 Å². The molecule has 0 saturated carbocycles. The van der Waals surface area contributed by atoms with Gasteiger partial charge in [-0.25, -0.2) is 4.98 Å². The van der Waals surface area contributed by atoms with Crippen molar-refractivity contribution < 1.29 is 4.74 Å². The first kappa shape index (κ1) is 10.5. The van der Waals surface area contributed by atoms with Gasteiger partial charge in [-0.05, 0) is 0 Å². The fourth-order valence-electron chi connectivity index (χ4n) is 1.83. The van der Waals surface area contributed by atoms with Gasteiger partial charge < -0.3 is 21.1 Å². The summed E-state index contributed by atoms with van der Waals surface area (Å²) in [6, 6.07) is 0. The van der Waals surface area contributed by atoms with Gasteiger partial charge in [0, 0.05) is 13.1 Å². The van der Waals surface area contributed by atoms with Crippen molar-refractivity contribution in [3.05, 3.63) is 0 Å². The maximum absolute atomic E-state index is 5.69. The molecule has 0 spiro atoms. The number of nitrogens with two attached hydrogens (primary N) is 2. The Kier molecular flexibility index (Phi) is 2.45. The number of nitrogen functional groups attached to an aromatic ring is 2. The van der Waals surface area contributed by atoms with Crippen molar-refractivity contribution in [2.24, 2.45) is 0 Å². The molecule has 4 N–H and O–H groups in total. The summed E-state index contributed by atoms with van der Waals surface area (Å²) in [5.41, 5.74) is 11.9. The molecule has 1 saturated heterocycles. The molecule has 1 aliphatic rings. The van der Waals surface area contributed by atoms with Crippen LogP contribution in [0.15, 0.2) is 0 Å². The van der Waals surface area contributed by atoms with Gasteiger partial charge in [-0.2, -0.15) is 9.97 Å². The molecule has 3 heterocycles. The van der Waals surface area contributed by atoms with Crippen LogP contribution in [0.4, 0.5) is 16.9 Å². The molecular weight excluding hydrogens is 240 g/mol. The number of nitrogens with zero attached hydrogens (tertiary/aromatic N) is 4. The van der Waals surface area contributed by atoms with Crippen LogP contribution in [0.25, 0.3) is 10.3 Å². The SMILES string of the molecule is Nc1nc(N2CCOCC2)c2sc(N)nc2n1. The Labute approximate surface area is 101 Å². The molecule has 0 aliphatic carbocycles. The Balaban J connectivity index is 2.12. The number of ether oxygens (including phenoxy) is 1. The van der Waals surface area contributed by atoms with E-state index >= 15 is 0 Å². The van der Waals surface area contributed by atoms with Crippen molar-refractivity contribution in [1.29, 1.82) is 0 Å². The van der Waals surface area contributed by atoms with Crippen molar-refractivity contribution in [3.8, 4) is 0 Å². The van der Waals surface area contributed by atoms with Gasteiger partial charge in [-0.1, -0.05) is 11.3 Å². The minimum Gasteiger partial charge on any atom is -0.378 e. The molecule has 7 nitrogen and oxygen atoms in total. The zero-order valence-electron chi connectivity index (χ0n) is 9.09. The lowest BCUT2D eigenvalue weighted by Crippen LogP contribution is -2.37. The van der Waals surface area contributed by atoms with Crippen LogP contribution in [-0.4, -0.2) is 41.3 Å². The molecule has 0 radical (unpaired) electrons. The number of anilines is 3. The zero-order chi connectivity index (χ0) is 11.8. The lowest BCUT2D eigenvalue weighted by Gasteiger charge is -2.27. The summed E-state index contributed by atoms with van der Waals surface area (Å²) in [6.07, 6.45) is 0. The van der Waals surface area contributed by atoms with E-state index in [0.717, 1.165) is 23.6 Å². The van der Waals surface area contributed by atoms with Gasteiger partial charge in [0.25, 0.3) is 0 Å². The highest BCUT2D eigenvalue weighted by Crippen LogP contribution is 2.31. The number of hydrogen-bond donors (Lipinski definition) is 2. The zero-order valence-corrected chi connectivity index (χ0v) is 9.90. The Morgan fingerprint density at radius 3 is 2.65 bits per heavy atom. The van der Waals surface area contributed by atoms with Gasteiger partial charge in [0.2, 0.25) is 5.95 Å². The van der Waals surface area contributed by atoms with Crippen molar-refractivity contribution in [2.45, 2.75) is 0 Å². The number of thiazole rings is 1. The second kappa shape index (κ2) is 3.97. The predicted octanol–water partition coefficient (Wildman–Crippen LogP) is 0.0873. The summed E-state index contributed by atoms with van der Waals surface area (Å²) in [4.78, 5) is 14.6. The van der Waals surface area contributed by atoms with Crippen LogP contribution >= 0.6 is 11.3 Å². The molecule has 3 rings (SSSR count). The maximum Gasteiger partial charge on any atom is 0.224 e. The first-order chi connectivity index (χ1) is 8.24. The molecule has 0 amide bonds. The average molecular weight is 252 g/mol. The third-order valence-electron chi connectivity index (χ3n) is 2.58. The number of hydrogen-bond acceptors (Lipinski definition) is 8. The molecule has 0 aromatic carbocycles. The molecule has 1 fully saturated rings. The first-order valence-electron chi connectivity index (χ1n) is 5.26. The molecule has 0 atom stereocenters. The van der Waals surface area contributed by atoms with Gasteiger partial charge in [-0.15, -0.1) is 0 Å². The van der Waals surface area contributed by atoms with E-state index in [1.807, 2.05) is 0 Å². The maximum atomic E-state index is 5.69. The first-order valence-corrected chi connectivity index (χ1v) is 6.08.